The number of rotatable bonds is 2. The van der Waals surface area contributed by atoms with Gasteiger partial charge in [-0.2, -0.15) is 0 Å². The number of hydrogen-bond acceptors (Lipinski definition) is 2. The Balaban J connectivity index is 2.68. The highest BCUT2D eigenvalue weighted by Gasteiger charge is 2.06. The maximum Gasteiger partial charge on any atom is 0.235 e. The molecule has 3 N–H and O–H groups in total. The molecule has 92 valence electrons. The molecule has 0 saturated carbocycles. The highest BCUT2D eigenvalue weighted by molar-refractivity contribution is 7.80. The molecule has 0 fully saturated rings. The third-order valence-electron chi connectivity index (χ3n) is 2.18. The molecule has 1 amide bonds. The lowest BCUT2D eigenvalue weighted by Gasteiger charge is -2.15. The Labute approximate surface area is 107 Å². The molecule has 0 atom stereocenters. The number of thiocarbonyl (C=S) groups is 1. The predicted molar refractivity (Wildman–Crippen MR) is 73.7 cm³/mol. The van der Waals surface area contributed by atoms with Gasteiger partial charge in [-0.05, 0) is 29.8 Å². The van der Waals surface area contributed by atoms with Crippen LogP contribution >= 0.6 is 12.2 Å². The van der Waals surface area contributed by atoms with Gasteiger partial charge in [-0.1, -0.05) is 32.0 Å². The first-order valence-electron chi connectivity index (χ1n) is 5.43. The van der Waals surface area contributed by atoms with Crippen LogP contribution in [0.25, 0.3) is 0 Å². The lowest BCUT2D eigenvalue weighted by molar-refractivity contribution is -0.119. The largest absolute Gasteiger partial charge is 0.331 e. The van der Waals surface area contributed by atoms with Crippen LogP contribution in [0.15, 0.2) is 24.3 Å². The maximum atomic E-state index is 10.7. The summed E-state index contributed by atoms with van der Waals surface area (Å²) in [6, 6.07) is 7.94. The molecule has 1 aromatic rings. The van der Waals surface area contributed by atoms with E-state index in [1.807, 2.05) is 24.3 Å². The molecule has 1 rings (SSSR count). The molecule has 0 unspecified atom stereocenters. The SMILES string of the molecule is CC(=O)NNC(=S)Nc1ccccc1C(C)C. The predicted octanol–water partition coefficient (Wildman–Crippen LogP) is 2.15. The molecule has 0 aliphatic rings. The summed E-state index contributed by atoms with van der Waals surface area (Å²) in [7, 11) is 0. The summed E-state index contributed by atoms with van der Waals surface area (Å²) in [6.07, 6.45) is 0. The molecular weight excluding hydrogens is 234 g/mol. The summed E-state index contributed by atoms with van der Waals surface area (Å²) in [5, 5.41) is 3.42. The van der Waals surface area contributed by atoms with E-state index in [-0.39, 0.29) is 5.91 Å². The number of hydrogen-bond donors (Lipinski definition) is 3. The molecule has 5 heteroatoms. The van der Waals surface area contributed by atoms with Gasteiger partial charge < -0.3 is 5.32 Å². The van der Waals surface area contributed by atoms with Gasteiger partial charge in [0.25, 0.3) is 0 Å². The fourth-order valence-electron chi connectivity index (χ4n) is 1.41. The molecule has 0 spiro atoms. The number of nitrogens with one attached hydrogen (secondary N) is 3. The maximum absolute atomic E-state index is 10.7. The Morgan fingerprint density at radius 2 is 1.88 bits per heavy atom. The van der Waals surface area contributed by atoms with Gasteiger partial charge in [0.2, 0.25) is 5.91 Å². The average Bonchev–Trinajstić information content (AvgIpc) is 2.27. The fourth-order valence-corrected chi connectivity index (χ4v) is 1.57. The number of hydrazine groups is 1. The number of benzene rings is 1. The standard InChI is InChI=1S/C12H17N3OS/c1-8(2)10-6-4-5-7-11(10)13-12(17)15-14-9(3)16/h4-8H,1-3H3,(H,14,16)(H2,13,15,17). The van der Waals surface area contributed by atoms with Crippen LogP contribution < -0.4 is 16.2 Å². The van der Waals surface area contributed by atoms with E-state index in [0.29, 0.717) is 11.0 Å². The molecule has 0 saturated heterocycles. The summed E-state index contributed by atoms with van der Waals surface area (Å²) in [5.41, 5.74) is 7.17. The van der Waals surface area contributed by atoms with Crippen molar-refractivity contribution in [2.45, 2.75) is 26.7 Å². The van der Waals surface area contributed by atoms with E-state index in [0.717, 1.165) is 5.69 Å². The summed E-state index contributed by atoms with van der Waals surface area (Å²) in [6.45, 7) is 5.65. The first-order valence-corrected chi connectivity index (χ1v) is 5.84. The van der Waals surface area contributed by atoms with Crippen LogP contribution in [0.2, 0.25) is 0 Å². The van der Waals surface area contributed by atoms with Gasteiger partial charge in [-0.15, -0.1) is 0 Å². The first-order chi connectivity index (χ1) is 8.00. The van der Waals surface area contributed by atoms with Crippen molar-refractivity contribution in [3.8, 4) is 0 Å². The van der Waals surface area contributed by atoms with Crippen molar-refractivity contribution in [2.24, 2.45) is 0 Å². The Kier molecular flexibility index (Phi) is 4.90. The van der Waals surface area contributed by atoms with Gasteiger partial charge in [-0.3, -0.25) is 15.6 Å². The third kappa shape index (κ3) is 4.40. The van der Waals surface area contributed by atoms with E-state index < -0.39 is 0 Å². The van der Waals surface area contributed by atoms with Crippen LogP contribution in [0.5, 0.6) is 0 Å². The average molecular weight is 251 g/mol. The van der Waals surface area contributed by atoms with Gasteiger partial charge in [0.15, 0.2) is 5.11 Å². The van der Waals surface area contributed by atoms with Crippen molar-refractivity contribution >= 4 is 28.9 Å². The van der Waals surface area contributed by atoms with Gasteiger partial charge in [0.05, 0.1) is 0 Å². The van der Waals surface area contributed by atoms with Gasteiger partial charge >= 0.3 is 0 Å². The van der Waals surface area contributed by atoms with Crippen molar-refractivity contribution in [3.63, 3.8) is 0 Å². The number of anilines is 1. The second-order valence-corrected chi connectivity index (χ2v) is 4.41. The highest BCUT2D eigenvalue weighted by Crippen LogP contribution is 2.23. The van der Waals surface area contributed by atoms with Crippen molar-refractivity contribution in [3.05, 3.63) is 29.8 Å². The molecule has 0 bridgehead atoms. The van der Waals surface area contributed by atoms with E-state index in [9.17, 15) is 4.79 Å². The molecule has 17 heavy (non-hydrogen) atoms. The van der Waals surface area contributed by atoms with Crippen molar-refractivity contribution in [1.29, 1.82) is 0 Å². The summed E-state index contributed by atoms with van der Waals surface area (Å²) in [5.74, 6) is 0.216. The van der Waals surface area contributed by atoms with Crippen molar-refractivity contribution < 1.29 is 4.79 Å². The fraction of sp³-hybridized carbons (Fsp3) is 0.333. The van der Waals surface area contributed by atoms with Crippen LogP contribution in [-0.4, -0.2) is 11.0 Å². The number of carbonyl (C=O) groups excluding carboxylic acids is 1. The highest BCUT2D eigenvalue weighted by atomic mass is 32.1. The number of carbonyl (C=O) groups is 1. The zero-order valence-electron chi connectivity index (χ0n) is 10.2. The number of amides is 1. The number of para-hydroxylation sites is 1. The normalized spacial score (nSPS) is 9.88. The summed E-state index contributed by atoms with van der Waals surface area (Å²) >= 11 is 5.06. The second-order valence-electron chi connectivity index (χ2n) is 4.00. The molecule has 0 aliphatic carbocycles. The van der Waals surface area contributed by atoms with Crippen LogP contribution in [0, 0.1) is 0 Å². The molecule has 0 heterocycles. The smallest absolute Gasteiger partial charge is 0.235 e. The second kappa shape index (κ2) is 6.20. The van der Waals surface area contributed by atoms with Crippen molar-refractivity contribution in [2.75, 3.05) is 5.32 Å². The summed E-state index contributed by atoms with van der Waals surface area (Å²) < 4.78 is 0. The van der Waals surface area contributed by atoms with Gasteiger partial charge in [0, 0.05) is 12.6 Å². The van der Waals surface area contributed by atoms with Gasteiger partial charge in [-0.25, -0.2) is 0 Å². The Morgan fingerprint density at radius 1 is 1.24 bits per heavy atom. The van der Waals surface area contributed by atoms with E-state index in [2.05, 4.69) is 30.0 Å². The van der Waals surface area contributed by atoms with E-state index in [1.165, 1.54) is 12.5 Å². The van der Waals surface area contributed by atoms with Gasteiger partial charge in [0.1, 0.15) is 0 Å². The molecular formula is C12H17N3OS. The molecule has 4 nitrogen and oxygen atoms in total. The zero-order valence-corrected chi connectivity index (χ0v) is 11.0. The Bertz CT molecular complexity index is 418. The molecule has 0 aliphatic heterocycles. The minimum absolute atomic E-state index is 0.189. The topological polar surface area (TPSA) is 53.2 Å². The summed E-state index contributed by atoms with van der Waals surface area (Å²) in [4.78, 5) is 10.7. The lowest BCUT2D eigenvalue weighted by Crippen LogP contribution is -2.42. The molecule has 1 aromatic carbocycles. The Morgan fingerprint density at radius 3 is 2.47 bits per heavy atom. The van der Waals surface area contributed by atoms with Crippen molar-refractivity contribution in [1.82, 2.24) is 10.9 Å². The van der Waals surface area contributed by atoms with E-state index in [1.54, 1.807) is 0 Å². The lowest BCUT2D eigenvalue weighted by atomic mass is 10.0. The quantitative estimate of drug-likeness (QED) is 0.557. The van der Waals surface area contributed by atoms with E-state index >= 15 is 0 Å². The monoisotopic (exact) mass is 251 g/mol. The van der Waals surface area contributed by atoms with E-state index in [4.69, 9.17) is 12.2 Å². The van der Waals surface area contributed by atoms with Crippen LogP contribution in [0.3, 0.4) is 0 Å². The minimum Gasteiger partial charge on any atom is -0.331 e. The first kappa shape index (κ1) is 13.4. The van der Waals surface area contributed by atoms with Crippen LogP contribution in [0.1, 0.15) is 32.3 Å². The minimum atomic E-state index is -0.189. The van der Waals surface area contributed by atoms with Crippen LogP contribution in [0.4, 0.5) is 5.69 Å². The zero-order chi connectivity index (χ0) is 12.8. The molecule has 0 aromatic heterocycles. The molecule has 0 radical (unpaired) electrons. The Hall–Kier alpha value is -1.62. The third-order valence-corrected chi connectivity index (χ3v) is 2.39. The van der Waals surface area contributed by atoms with Crippen LogP contribution in [-0.2, 0) is 4.79 Å².